The van der Waals surface area contributed by atoms with Gasteiger partial charge in [-0.15, -0.1) is 0 Å². The van der Waals surface area contributed by atoms with E-state index in [1.807, 2.05) is 37.3 Å². The normalized spacial score (nSPS) is 16.4. The summed E-state index contributed by atoms with van der Waals surface area (Å²) in [6.45, 7) is 2.21. The van der Waals surface area contributed by atoms with Crippen molar-refractivity contribution in [1.82, 2.24) is 4.90 Å². The molecule has 1 aliphatic rings. The van der Waals surface area contributed by atoms with Gasteiger partial charge in [0, 0.05) is 5.02 Å². The number of nitrogens with zero attached hydrogens (tertiary/aromatic N) is 1. The molecule has 0 spiro atoms. The van der Waals surface area contributed by atoms with Crippen molar-refractivity contribution in [3.8, 4) is 0 Å². The van der Waals surface area contributed by atoms with Crippen molar-refractivity contribution < 1.29 is 9.59 Å². The SMILES string of the molecule is Cc1ccccc1/C=C1\SC(=O)N(Cc2cccc(Cl)c2)C1=O. The van der Waals surface area contributed by atoms with Crippen LogP contribution in [0.1, 0.15) is 16.7 Å². The second-order valence-corrected chi connectivity index (χ2v) is 6.68. The number of rotatable bonds is 3. The van der Waals surface area contributed by atoms with Crippen LogP contribution in [-0.2, 0) is 11.3 Å². The fourth-order valence-electron chi connectivity index (χ4n) is 2.34. The second-order valence-electron chi connectivity index (χ2n) is 5.25. The molecule has 1 aliphatic heterocycles. The topological polar surface area (TPSA) is 37.4 Å². The Bertz CT molecular complexity index is 816. The van der Waals surface area contributed by atoms with Gasteiger partial charge in [0.05, 0.1) is 11.4 Å². The van der Waals surface area contributed by atoms with Crippen molar-refractivity contribution in [3.05, 3.63) is 75.1 Å². The van der Waals surface area contributed by atoms with Gasteiger partial charge in [-0.05, 0) is 53.6 Å². The second kappa shape index (κ2) is 6.60. The molecule has 2 aromatic rings. The maximum atomic E-state index is 12.5. The molecule has 0 saturated carbocycles. The minimum absolute atomic E-state index is 0.232. The van der Waals surface area contributed by atoms with E-state index in [4.69, 9.17) is 11.6 Å². The van der Waals surface area contributed by atoms with Crippen molar-refractivity contribution in [2.75, 3.05) is 0 Å². The Labute approximate surface area is 143 Å². The maximum absolute atomic E-state index is 12.5. The van der Waals surface area contributed by atoms with Crippen LogP contribution in [0.3, 0.4) is 0 Å². The number of hydrogen-bond donors (Lipinski definition) is 0. The van der Waals surface area contributed by atoms with Crippen LogP contribution in [0.15, 0.2) is 53.4 Å². The highest BCUT2D eigenvalue weighted by Crippen LogP contribution is 2.33. The van der Waals surface area contributed by atoms with Crippen LogP contribution >= 0.6 is 23.4 Å². The molecule has 2 amide bonds. The minimum atomic E-state index is -0.261. The van der Waals surface area contributed by atoms with Gasteiger partial charge in [-0.2, -0.15) is 0 Å². The van der Waals surface area contributed by atoms with E-state index in [0.717, 1.165) is 28.5 Å². The van der Waals surface area contributed by atoms with Crippen LogP contribution in [0.4, 0.5) is 4.79 Å². The molecule has 2 aromatic carbocycles. The van der Waals surface area contributed by atoms with Gasteiger partial charge >= 0.3 is 0 Å². The first kappa shape index (κ1) is 15.8. The molecule has 3 rings (SSSR count). The number of halogens is 1. The number of aryl methyl sites for hydroxylation is 1. The Morgan fingerprint density at radius 2 is 1.91 bits per heavy atom. The van der Waals surface area contributed by atoms with E-state index in [1.165, 1.54) is 4.90 Å². The molecule has 0 unspecified atom stereocenters. The molecule has 0 N–H and O–H groups in total. The number of carbonyl (C=O) groups excluding carboxylic acids is 2. The summed E-state index contributed by atoms with van der Waals surface area (Å²) in [4.78, 5) is 26.4. The average Bonchev–Trinajstić information content (AvgIpc) is 2.77. The Morgan fingerprint density at radius 3 is 2.65 bits per heavy atom. The van der Waals surface area contributed by atoms with E-state index in [2.05, 4.69) is 0 Å². The standard InChI is InChI=1S/C18H14ClNO2S/c1-12-5-2-3-7-14(12)10-16-17(21)20(18(22)23-16)11-13-6-4-8-15(19)9-13/h2-10H,11H2,1H3/b16-10-. The number of imide groups is 1. The third kappa shape index (κ3) is 3.49. The molecule has 0 aromatic heterocycles. The third-order valence-corrected chi connectivity index (χ3v) is 4.72. The van der Waals surface area contributed by atoms with Gasteiger partial charge in [-0.25, -0.2) is 0 Å². The number of amides is 2. The first-order valence-corrected chi connectivity index (χ1v) is 8.29. The zero-order valence-corrected chi connectivity index (χ0v) is 14.0. The highest BCUT2D eigenvalue weighted by molar-refractivity contribution is 8.18. The molecule has 116 valence electrons. The smallest absolute Gasteiger partial charge is 0.268 e. The van der Waals surface area contributed by atoms with Gasteiger partial charge in [-0.1, -0.05) is 48.0 Å². The Morgan fingerprint density at radius 1 is 1.13 bits per heavy atom. The molecular weight excluding hydrogens is 330 g/mol. The molecule has 0 atom stereocenters. The van der Waals surface area contributed by atoms with Gasteiger partial charge in [0.15, 0.2) is 0 Å². The molecular formula is C18H14ClNO2S. The van der Waals surface area contributed by atoms with E-state index < -0.39 is 0 Å². The van der Waals surface area contributed by atoms with Gasteiger partial charge in [0.25, 0.3) is 11.1 Å². The Balaban J connectivity index is 1.84. The lowest BCUT2D eigenvalue weighted by Gasteiger charge is -2.12. The lowest BCUT2D eigenvalue weighted by Crippen LogP contribution is -2.27. The van der Waals surface area contributed by atoms with Crippen molar-refractivity contribution >= 4 is 40.6 Å². The molecule has 0 aliphatic carbocycles. The lowest BCUT2D eigenvalue weighted by molar-refractivity contribution is -0.123. The Kier molecular flexibility index (Phi) is 4.55. The predicted octanol–water partition coefficient (Wildman–Crippen LogP) is 4.88. The highest BCUT2D eigenvalue weighted by Gasteiger charge is 2.35. The highest BCUT2D eigenvalue weighted by atomic mass is 35.5. The predicted molar refractivity (Wildman–Crippen MR) is 94.1 cm³/mol. The van der Waals surface area contributed by atoms with Crippen molar-refractivity contribution in [2.24, 2.45) is 0 Å². The van der Waals surface area contributed by atoms with Crippen LogP contribution < -0.4 is 0 Å². The summed E-state index contributed by atoms with van der Waals surface area (Å²) in [5.74, 6) is -0.261. The lowest BCUT2D eigenvalue weighted by atomic mass is 10.1. The number of hydrogen-bond acceptors (Lipinski definition) is 3. The van der Waals surface area contributed by atoms with Crippen LogP contribution in [0.25, 0.3) is 6.08 Å². The summed E-state index contributed by atoms with van der Waals surface area (Å²) in [5.41, 5.74) is 2.84. The number of thioether (sulfide) groups is 1. The fourth-order valence-corrected chi connectivity index (χ4v) is 3.39. The number of carbonyl (C=O) groups is 2. The summed E-state index contributed by atoms with van der Waals surface area (Å²) >= 11 is 6.93. The maximum Gasteiger partial charge on any atom is 0.293 e. The van der Waals surface area contributed by atoms with E-state index in [1.54, 1.807) is 24.3 Å². The molecule has 23 heavy (non-hydrogen) atoms. The molecule has 1 heterocycles. The first-order valence-electron chi connectivity index (χ1n) is 7.10. The van der Waals surface area contributed by atoms with Crippen LogP contribution in [0.2, 0.25) is 5.02 Å². The monoisotopic (exact) mass is 343 g/mol. The molecule has 1 fully saturated rings. The van der Waals surface area contributed by atoms with Crippen molar-refractivity contribution in [1.29, 1.82) is 0 Å². The van der Waals surface area contributed by atoms with Crippen molar-refractivity contribution in [3.63, 3.8) is 0 Å². The molecule has 0 bridgehead atoms. The van der Waals surface area contributed by atoms with Gasteiger partial charge < -0.3 is 0 Å². The van der Waals surface area contributed by atoms with Gasteiger partial charge in [-0.3, -0.25) is 14.5 Å². The van der Waals surface area contributed by atoms with Crippen LogP contribution in [0.5, 0.6) is 0 Å². The van der Waals surface area contributed by atoms with Crippen LogP contribution in [-0.4, -0.2) is 16.0 Å². The summed E-state index contributed by atoms with van der Waals surface area (Å²) in [7, 11) is 0. The molecule has 5 heteroatoms. The molecule has 1 saturated heterocycles. The largest absolute Gasteiger partial charge is 0.293 e. The van der Waals surface area contributed by atoms with Crippen LogP contribution in [0, 0.1) is 6.92 Å². The fraction of sp³-hybridized carbons (Fsp3) is 0.111. The zero-order chi connectivity index (χ0) is 16.4. The van der Waals surface area contributed by atoms with E-state index in [9.17, 15) is 9.59 Å². The van der Waals surface area contributed by atoms with E-state index in [-0.39, 0.29) is 17.7 Å². The molecule has 0 radical (unpaired) electrons. The van der Waals surface area contributed by atoms with Gasteiger partial charge in [0.2, 0.25) is 0 Å². The summed E-state index contributed by atoms with van der Waals surface area (Å²) in [6.07, 6.45) is 1.78. The van der Waals surface area contributed by atoms with Crippen molar-refractivity contribution in [2.45, 2.75) is 13.5 Å². The first-order chi connectivity index (χ1) is 11.0. The summed E-state index contributed by atoms with van der Waals surface area (Å²) in [6, 6.07) is 14.9. The molecule has 3 nitrogen and oxygen atoms in total. The van der Waals surface area contributed by atoms with E-state index >= 15 is 0 Å². The number of benzene rings is 2. The zero-order valence-electron chi connectivity index (χ0n) is 12.5. The minimum Gasteiger partial charge on any atom is -0.268 e. The van der Waals surface area contributed by atoms with E-state index in [0.29, 0.717) is 9.93 Å². The third-order valence-electron chi connectivity index (χ3n) is 3.58. The quantitative estimate of drug-likeness (QED) is 0.745. The summed E-state index contributed by atoms with van der Waals surface area (Å²) in [5, 5.41) is 0.333. The summed E-state index contributed by atoms with van der Waals surface area (Å²) < 4.78 is 0. The average molecular weight is 344 g/mol. The van der Waals surface area contributed by atoms with Gasteiger partial charge in [0.1, 0.15) is 0 Å². The Hall–Kier alpha value is -2.04.